The minimum Gasteiger partial charge on any atom is -0.369 e. The molecule has 8 nitrogen and oxygen atoms in total. The van der Waals surface area contributed by atoms with Crippen molar-refractivity contribution in [2.75, 3.05) is 23.7 Å². The summed E-state index contributed by atoms with van der Waals surface area (Å²) < 4.78 is 27.0. The number of hydrogen-bond acceptors (Lipinski definition) is 7. The SMILES string of the molecule is Cc1nc(NCCNS(=O)(=O)Cc2cccc(Cl)c2)cc(Nc2ccccn2)n1. The summed E-state index contributed by atoms with van der Waals surface area (Å²) in [6.45, 7) is 2.37. The van der Waals surface area contributed by atoms with Crippen molar-refractivity contribution in [1.29, 1.82) is 0 Å². The van der Waals surface area contributed by atoms with E-state index in [1.54, 1.807) is 43.5 Å². The fourth-order valence-corrected chi connectivity index (χ4v) is 3.93. The van der Waals surface area contributed by atoms with Gasteiger partial charge in [0.15, 0.2) is 0 Å². The van der Waals surface area contributed by atoms with Crippen LogP contribution < -0.4 is 15.4 Å². The Morgan fingerprint density at radius 1 is 0.966 bits per heavy atom. The van der Waals surface area contributed by atoms with Gasteiger partial charge >= 0.3 is 0 Å². The first-order chi connectivity index (χ1) is 13.9. The molecule has 3 aromatic rings. The van der Waals surface area contributed by atoms with Gasteiger partial charge in [0, 0.05) is 30.4 Å². The Morgan fingerprint density at radius 3 is 2.55 bits per heavy atom. The molecule has 1 aromatic carbocycles. The number of anilines is 3. The lowest BCUT2D eigenvalue weighted by Gasteiger charge is -2.11. The van der Waals surface area contributed by atoms with Gasteiger partial charge in [-0.1, -0.05) is 29.8 Å². The lowest BCUT2D eigenvalue weighted by atomic mass is 10.2. The molecule has 3 N–H and O–H groups in total. The Morgan fingerprint density at radius 2 is 1.79 bits per heavy atom. The molecule has 0 aliphatic heterocycles. The van der Waals surface area contributed by atoms with Gasteiger partial charge in [-0.15, -0.1) is 0 Å². The van der Waals surface area contributed by atoms with Crippen LogP contribution in [-0.4, -0.2) is 36.5 Å². The molecule has 0 radical (unpaired) electrons. The molecule has 0 aliphatic carbocycles. The number of rotatable bonds is 9. The lowest BCUT2D eigenvalue weighted by molar-refractivity contribution is 0.582. The molecule has 0 bridgehead atoms. The molecule has 0 fully saturated rings. The predicted octanol–water partition coefficient (Wildman–Crippen LogP) is 3.11. The summed E-state index contributed by atoms with van der Waals surface area (Å²) in [5.41, 5.74) is 0.634. The predicted molar refractivity (Wildman–Crippen MR) is 115 cm³/mol. The van der Waals surface area contributed by atoms with E-state index in [1.807, 2.05) is 18.2 Å². The van der Waals surface area contributed by atoms with Gasteiger partial charge in [-0.2, -0.15) is 0 Å². The van der Waals surface area contributed by atoms with Crippen molar-refractivity contribution in [2.24, 2.45) is 0 Å². The zero-order chi connectivity index (χ0) is 20.7. The molecule has 10 heteroatoms. The van der Waals surface area contributed by atoms with Crippen LogP contribution in [0.3, 0.4) is 0 Å². The Hall–Kier alpha value is -2.75. The van der Waals surface area contributed by atoms with Crippen molar-refractivity contribution in [1.82, 2.24) is 19.7 Å². The Labute approximate surface area is 174 Å². The van der Waals surface area contributed by atoms with E-state index in [-0.39, 0.29) is 12.3 Å². The maximum atomic E-state index is 12.2. The number of halogens is 1. The van der Waals surface area contributed by atoms with Crippen molar-refractivity contribution < 1.29 is 8.42 Å². The molecule has 29 heavy (non-hydrogen) atoms. The third-order valence-electron chi connectivity index (χ3n) is 3.76. The normalized spacial score (nSPS) is 11.2. The van der Waals surface area contributed by atoms with Crippen LogP contribution in [-0.2, 0) is 15.8 Å². The van der Waals surface area contributed by atoms with E-state index in [2.05, 4.69) is 30.3 Å². The first-order valence-electron chi connectivity index (χ1n) is 8.89. The number of nitrogens with zero attached hydrogens (tertiary/aromatic N) is 3. The Kier molecular flexibility index (Phi) is 6.97. The fourth-order valence-electron chi connectivity index (χ4n) is 2.58. The second kappa shape index (κ2) is 9.64. The first-order valence-corrected chi connectivity index (χ1v) is 10.9. The summed E-state index contributed by atoms with van der Waals surface area (Å²) in [5.74, 6) is 2.31. The molecule has 2 heterocycles. The van der Waals surface area contributed by atoms with Crippen molar-refractivity contribution in [3.05, 3.63) is 71.1 Å². The maximum Gasteiger partial charge on any atom is 0.215 e. The second-order valence-corrected chi connectivity index (χ2v) is 8.48. The number of sulfonamides is 1. The highest BCUT2D eigenvalue weighted by molar-refractivity contribution is 7.88. The van der Waals surface area contributed by atoms with Gasteiger partial charge in [-0.05, 0) is 36.8 Å². The van der Waals surface area contributed by atoms with Crippen molar-refractivity contribution in [3.8, 4) is 0 Å². The highest BCUT2D eigenvalue weighted by atomic mass is 35.5. The van der Waals surface area contributed by atoms with Crippen LogP contribution in [0.25, 0.3) is 0 Å². The van der Waals surface area contributed by atoms with E-state index in [0.29, 0.717) is 40.4 Å². The summed E-state index contributed by atoms with van der Waals surface area (Å²) in [5, 5.41) is 6.71. The van der Waals surface area contributed by atoms with E-state index < -0.39 is 10.0 Å². The van der Waals surface area contributed by atoms with Gasteiger partial charge in [0.05, 0.1) is 5.75 Å². The zero-order valence-corrected chi connectivity index (χ0v) is 17.3. The minimum absolute atomic E-state index is 0.127. The van der Waals surface area contributed by atoms with Gasteiger partial charge in [-0.25, -0.2) is 28.1 Å². The topological polar surface area (TPSA) is 109 Å². The third-order valence-corrected chi connectivity index (χ3v) is 5.35. The van der Waals surface area contributed by atoms with Crippen LogP contribution in [0.1, 0.15) is 11.4 Å². The molecule has 0 unspecified atom stereocenters. The Balaban J connectivity index is 1.52. The fraction of sp³-hybridized carbons (Fsp3) is 0.211. The van der Waals surface area contributed by atoms with Gasteiger partial charge in [0.1, 0.15) is 23.3 Å². The average Bonchev–Trinajstić information content (AvgIpc) is 2.65. The molecular weight excluding hydrogens is 412 g/mol. The molecule has 2 aromatic heterocycles. The monoisotopic (exact) mass is 432 g/mol. The molecular formula is C19H21ClN6O2S. The minimum atomic E-state index is -3.46. The number of benzene rings is 1. The molecule has 0 spiro atoms. The molecule has 152 valence electrons. The summed E-state index contributed by atoms with van der Waals surface area (Å²) in [6, 6.07) is 14.1. The summed E-state index contributed by atoms with van der Waals surface area (Å²) in [4.78, 5) is 12.8. The van der Waals surface area contributed by atoms with E-state index in [0.717, 1.165) is 0 Å². The first kappa shape index (κ1) is 21.0. The Bertz CT molecular complexity index is 1060. The van der Waals surface area contributed by atoms with E-state index in [4.69, 9.17) is 11.6 Å². The van der Waals surface area contributed by atoms with Gasteiger partial charge in [-0.3, -0.25) is 0 Å². The van der Waals surface area contributed by atoms with Crippen LogP contribution in [0, 0.1) is 6.92 Å². The van der Waals surface area contributed by atoms with E-state index in [1.165, 1.54) is 0 Å². The molecule has 0 aliphatic rings. The average molecular weight is 433 g/mol. The van der Waals surface area contributed by atoms with Crippen LogP contribution in [0.5, 0.6) is 0 Å². The molecule has 0 amide bonds. The van der Waals surface area contributed by atoms with Gasteiger partial charge < -0.3 is 10.6 Å². The second-order valence-electron chi connectivity index (χ2n) is 6.24. The van der Waals surface area contributed by atoms with Crippen molar-refractivity contribution >= 4 is 39.1 Å². The number of nitrogens with one attached hydrogen (secondary N) is 3. The lowest BCUT2D eigenvalue weighted by Crippen LogP contribution is -2.30. The van der Waals surface area contributed by atoms with Crippen LogP contribution in [0.2, 0.25) is 5.02 Å². The smallest absolute Gasteiger partial charge is 0.215 e. The zero-order valence-electron chi connectivity index (χ0n) is 15.8. The number of hydrogen-bond donors (Lipinski definition) is 3. The largest absolute Gasteiger partial charge is 0.369 e. The van der Waals surface area contributed by atoms with Gasteiger partial charge in [0.25, 0.3) is 0 Å². The van der Waals surface area contributed by atoms with Crippen LogP contribution >= 0.6 is 11.6 Å². The van der Waals surface area contributed by atoms with Crippen molar-refractivity contribution in [3.63, 3.8) is 0 Å². The standard InChI is InChI=1S/C19H21ClN6O2S/c1-14-24-18(12-19(25-14)26-17-7-2-3-8-21-17)22-9-10-23-29(27,28)13-15-5-4-6-16(20)11-15/h2-8,11-12,23H,9-10,13H2,1H3,(H2,21,22,24,25,26). The maximum absolute atomic E-state index is 12.2. The van der Waals surface area contributed by atoms with Crippen molar-refractivity contribution in [2.45, 2.75) is 12.7 Å². The molecule has 0 saturated heterocycles. The van der Waals surface area contributed by atoms with Crippen LogP contribution in [0.4, 0.5) is 17.5 Å². The molecule has 0 saturated carbocycles. The van der Waals surface area contributed by atoms with Crippen LogP contribution in [0.15, 0.2) is 54.7 Å². The quantitative estimate of drug-likeness (QED) is 0.445. The number of pyridine rings is 1. The third kappa shape index (κ3) is 6.97. The highest BCUT2D eigenvalue weighted by Crippen LogP contribution is 2.15. The summed E-state index contributed by atoms with van der Waals surface area (Å²) in [6.07, 6.45) is 1.69. The number of aryl methyl sites for hydroxylation is 1. The van der Waals surface area contributed by atoms with E-state index in [9.17, 15) is 8.42 Å². The van der Waals surface area contributed by atoms with Gasteiger partial charge in [0.2, 0.25) is 10.0 Å². The van der Waals surface area contributed by atoms with E-state index >= 15 is 0 Å². The molecule has 0 atom stereocenters. The highest BCUT2D eigenvalue weighted by Gasteiger charge is 2.11. The number of aromatic nitrogens is 3. The summed E-state index contributed by atoms with van der Waals surface area (Å²) in [7, 11) is -3.46. The molecule has 3 rings (SSSR count). The summed E-state index contributed by atoms with van der Waals surface area (Å²) >= 11 is 5.90.